The van der Waals surface area contributed by atoms with E-state index in [4.69, 9.17) is 0 Å². The van der Waals surface area contributed by atoms with Crippen molar-refractivity contribution < 1.29 is 0 Å². The topological polar surface area (TPSA) is 98.6 Å². The lowest BCUT2D eigenvalue weighted by Gasteiger charge is -1.93. The minimum Gasteiger partial charge on any atom is -0.308 e. The predicted octanol–water partition coefficient (Wildman–Crippen LogP) is -1.10. The standard InChI is InChI=1S/C7H5N3O3/c11-4-2-1-3-5(8-4)9-7(13)10-6(3)12/h1-2H,(H3,8,9,10,11,12,13). The van der Waals surface area contributed by atoms with Gasteiger partial charge in [-0.05, 0) is 6.07 Å². The molecule has 0 fully saturated rings. The molecular formula is C7H5N3O3. The van der Waals surface area contributed by atoms with Gasteiger partial charge in [0.05, 0.1) is 5.39 Å². The first-order chi connectivity index (χ1) is 6.16. The molecule has 0 unspecified atom stereocenters. The van der Waals surface area contributed by atoms with Gasteiger partial charge in [-0.2, -0.15) is 0 Å². The molecule has 0 aromatic carbocycles. The van der Waals surface area contributed by atoms with Gasteiger partial charge in [0, 0.05) is 6.07 Å². The summed E-state index contributed by atoms with van der Waals surface area (Å²) in [6.07, 6.45) is 0. The van der Waals surface area contributed by atoms with Crippen molar-refractivity contribution in [3.8, 4) is 0 Å². The van der Waals surface area contributed by atoms with Crippen LogP contribution >= 0.6 is 0 Å². The van der Waals surface area contributed by atoms with Crippen LogP contribution in [0.4, 0.5) is 0 Å². The van der Waals surface area contributed by atoms with Crippen LogP contribution in [0.1, 0.15) is 0 Å². The van der Waals surface area contributed by atoms with E-state index in [0.29, 0.717) is 0 Å². The first kappa shape index (κ1) is 7.53. The fourth-order valence-electron chi connectivity index (χ4n) is 1.08. The van der Waals surface area contributed by atoms with Crippen molar-refractivity contribution in [3.63, 3.8) is 0 Å². The van der Waals surface area contributed by atoms with Gasteiger partial charge in [0.25, 0.3) is 5.56 Å². The predicted molar refractivity (Wildman–Crippen MR) is 45.8 cm³/mol. The van der Waals surface area contributed by atoms with Crippen molar-refractivity contribution in [2.24, 2.45) is 0 Å². The number of nitrogens with one attached hydrogen (secondary N) is 3. The van der Waals surface area contributed by atoms with Gasteiger partial charge in [-0.3, -0.25) is 19.6 Å². The molecule has 2 rings (SSSR count). The van der Waals surface area contributed by atoms with Gasteiger partial charge in [-0.15, -0.1) is 0 Å². The summed E-state index contributed by atoms with van der Waals surface area (Å²) in [7, 11) is 0. The first-order valence-electron chi connectivity index (χ1n) is 3.52. The minimum atomic E-state index is -0.639. The molecule has 2 heterocycles. The second-order valence-electron chi connectivity index (χ2n) is 2.52. The lowest BCUT2D eigenvalue weighted by molar-refractivity contribution is 1.05. The van der Waals surface area contributed by atoms with Gasteiger partial charge >= 0.3 is 5.69 Å². The number of aromatic nitrogens is 3. The van der Waals surface area contributed by atoms with E-state index >= 15 is 0 Å². The zero-order valence-electron chi connectivity index (χ0n) is 6.38. The lowest BCUT2D eigenvalue weighted by Crippen LogP contribution is -2.23. The Balaban J connectivity index is 3.12. The van der Waals surface area contributed by atoms with Crippen LogP contribution in [0.3, 0.4) is 0 Å². The SMILES string of the molecule is O=c1ccc2c(=O)[nH]c(=O)[nH]c2[nH]1. The fraction of sp³-hybridized carbons (Fsp3) is 0. The number of rotatable bonds is 0. The molecular weight excluding hydrogens is 174 g/mol. The largest absolute Gasteiger partial charge is 0.327 e. The summed E-state index contributed by atoms with van der Waals surface area (Å²) in [5, 5.41) is 0.249. The highest BCUT2D eigenvalue weighted by atomic mass is 16.2. The van der Waals surface area contributed by atoms with E-state index in [2.05, 4.69) is 9.97 Å². The summed E-state index contributed by atoms with van der Waals surface area (Å²) in [6.45, 7) is 0. The number of aromatic amines is 3. The van der Waals surface area contributed by atoms with E-state index in [1.165, 1.54) is 12.1 Å². The van der Waals surface area contributed by atoms with Crippen LogP contribution in [-0.4, -0.2) is 15.0 Å². The van der Waals surface area contributed by atoms with E-state index in [1.54, 1.807) is 0 Å². The summed E-state index contributed by atoms with van der Waals surface area (Å²) in [5.74, 6) is 0. The second kappa shape index (κ2) is 2.44. The fourth-order valence-corrected chi connectivity index (χ4v) is 1.08. The average molecular weight is 179 g/mol. The summed E-state index contributed by atoms with van der Waals surface area (Å²) in [6, 6.07) is 2.57. The molecule has 0 aliphatic heterocycles. The van der Waals surface area contributed by atoms with Gasteiger partial charge in [0.15, 0.2) is 0 Å². The number of hydrogen-bond donors (Lipinski definition) is 3. The monoisotopic (exact) mass is 179 g/mol. The maximum Gasteiger partial charge on any atom is 0.327 e. The molecule has 2 aromatic rings. The second-order valence-corrected chi connectivity index (χ2v) is 2.52. The van der Waals surface area contributed by atoms with Crippen molar-refractivity contribution in [1.29, 1.82) is 0 Å². The summed E-state index contributed by atoms with van der Waals surface area (Å²) in [5.41, 5.74) is -1.38. The molecule has 0 aliphatic carbocycles. The molecule has 0 bridgehead atoms. The maximum atomic E-state index is 11.1. The first-order valence-corrected chi connectivity index (χ1v) is 3.52. The molecule has 6 nitrogen and oxygen atoms in total. The maximum absolute atomic E-state index is 11.1. The molecule has 0 saturated heterocycles. The molecule has 0 aliphatic rings. The summed E-state index contributed by atoms with van der Waals surface area (Å²) < 4.78 is 0. The van der Waals surface area contributed by atoms with E-state index in [9.17, 15) is 14.4 Å². The zero-order valence-corrected chi connectivity index (χ0v) is 6.38. The van der Waals surface area contributed by atoms with Gasteiger partial charge < -0.3 is 4.98 Å². The quantitative estimate of drug-likeness (QED) is 0.479. The number of pyridine rings is 1. The van der Waals surface area contributed by atoms with Crippen LogP contribution in [0.5, 0.6) is 0 Å². The van der Waals surface area contributed by atoms with E-state index < -0.39 is 11.2 Å². The molecule has 13 heavy (non-hydrogen) atoms. The highest BCUT2D eigenvalue weighted by molar-refractivity contribution is 5.72. The van der Waals surface area contributed by atoms with Crippen LogP contribution in [-0.2, 0) is 0 Å². The van der Waals surface area contributed by atoms with Gasteiger partial charge in [-0.1, -0.05) is 0 Å². The van der Waals surface area contributed by atoms with Crippen molar-refractivity contribution in [3.05, 3.63) is 43.3 Å². The third-order valence-electron chi connectivity index (χ3n) is 1.63. The number of fused-ring (bicyclic) bond motifs is 1. The van der Waals surface area contributed by atoms with Crippen LogP contribution in [0, 0.1) is 0 Å². The van der Waals surface area contributed by atoms with Crippen molar-refractivity contribution >= 4 is 11.0 Å². The molecule has 66 valence electrons. The van der Waals surface area contributed by atoms with Crippen LogP contribution in [0.25, 0.3) is 11.0 Å². The smallest absolute Gasteiger partial charge is 0.308 e. The van der Waals surface area contributed by atoms with Crippen molar-refractivity contribution in [2.75, 3.05) is 0 Å². The Morgan fingerprint density at radius 2 is 1.69 bits per heavy atom. The zero-order chi connectivity index (χ0) is 9.42. The Kier molecular flexibility index (Phi) is 1.42. The molecule has 6 heteroatoms. The molecule has 0 radical (unpaired) electrons. The highest BCUT2D eigenvalue weighted by Gasteiger charge is 1.99. The highest BCUT2D eigenvalue weighted by Crippen LogP contribution is 1.93. The van der Waals surface area contributed by atoms with Gasteiger partial charge in [0.2, 0.25) is 5.56 Å². The third-order valence-corrected chi connectivity index (χ3v) is 1.63. The summed E-state index contributed by atoms with van der Waals surface area (Å²) in [4.78, 5) is 39.4. The Labute approximate surface area is 70.3 Å². The molecule has 3 N–H and O–H groups in total. The van der Waals surface area contributed by atoms with E-state index in [0.717, 1.165) is 0 Å². The molecule has 0 spiro atoms. The Bertz CT molecular complexity index is 614. The molecule has 2 aromatic heterocycles. The normalized spacial score (nSPS) is 10.5. The minimum absolute atomic E-state index is 0.140. The number of H-pyrrole nitrogens is 3. The molecule has 0 amide bonds. The lowest BCUT2D eigenvalue weighted by atomic mass is 10.3. The van der Waals surface area contributed by atoms with Crippen LogP contribution in [0.15, 0.2) is 26.5 Å². The number of hydrogen-bond acceptors (Lipinski definition) is 3. The summed E-state index contributed by atoms with van der Waals surface area (Å²) >= 11 is 0. The Hall–Kier alpha value is -2.11. The average Bonchev–Trinajstić information content (AvgIpc) is 2.02. The van der Waals surface area contributed by atoms with E-state index in [-0.39, 0.29) is 16.6 Å². The van der Waals surface area contributed by atoms with Gasteiger partial charge in [-0.25, -0.2) is 4.79 Å². The van der Waals surface area contributed by atoms with Crippen LogP contribution in [0.2, 0.25) is 0 Å². The van der Waals surface area contributed by atoms with Crippen molar-refractivity contribution in [1.82, 2.24) is 15.0 Å². The third kappa shape index (κ3) is 1.18. The van der Waals surface area contributed by atoms with Gasteiger partial charge in [0.1, 0.15) is 5.65 Å². The molecule has 0 atom stereocenters. The Morgan fingerprint density at radius 3 is 2.46 bits per heavy atom. The van der Waals surface area contributed by atoms with Crippen LogP contribution < -0.4 is 16.8 Å². The van der Waals surface area contributed by atoms with E-state index in [1.807, 2.05) is 4.98 Å². The van der Waals surface area contributed by atoms with Crippen molar-refractivity contribution in [2.45, 2.75) is 0 Å². The Morgan fingerprint density at radius 1 is 0.923 bits per heavy atom. The molecule has 0 saturated carbocycles.